The van der Waals surface area contributed by atoms with Crippen LogP contribution in [0, 0.1) is 5.92 Å². The molecule has 1 aliphatic heterocycles. The predicted octanol–water partition coefficient (Wildman–Crippen LogP) is 1.88. The zero-order chi connectivity index (χ0) is 13.6. The van der Waals surface area contributed by atoms with Gasteiger partial charge in [0, 0.05) is 19.6 Å². The number of hydrazine groups is 1. The monoisotopic (exact) mass is 257 g/mol. The molecule has 1 amide bonds. The van der Waals surface area contributed by atoms with Crippen LogP contribution in [-0.2, 0) is 4.74 Å². The third-order valence-electron chi connectivity index (χ3n) is 3.10. The highest BCUT2D eigenvalue weighted by Crippen LogP contribution is 2.22. The molecule has 0 aromatic rings. The summed E-state index contributed by atoms with van der Waals surface area (Å²) in [6, 6.07) is 0. The van der Waals surface area contributed by atoms with Crippen LogP contribution < -0.4 is 11.3 Å². The van der Waals surface area contributed by atoms with Crippen molar-refractivity contribution in [3.8, 4) is 0 Å². The molecule has 1 fully saturated rings. The van der Waals surface area contributed by atoms with Crippen LogP contribution in [0.2, 0.25) is 0 Å². The van der Waals surface area contributed by atoms with E-state index in [1.54, 1.807) is 0 Å². The first-order chi connectivity index (χ1) is 8.42. The van der Waals surface area contributed by atoms with Crippen LogP contribution in [0.4, 0.5) is 4.79 Å². The second-order valence-electron chi connectivity index (χ2n) is 6.03. The number of rotatable bonds is 4. The molecule has 1 atom stereocenters. The highest BCUT2D eigenvalue weighted by atomic mass is 16.6. The minimum Gasteiger partial charge on any atom is -0.444 e. The fourth-order valence-corrected chi connectivity index (χ4v) is 2.29. The van der Waals surface area contributed by atoms with E-state index in [9.17, 15) is 4.79 Å². The molecule has 1 unspecified atom stereocenters. The lowest BCUT2D eigenvalue weighted by Crippen LogP contribution is -2.43. The van der Waals surface area contributed by atoms with Gasteiger partial charge >= 0.3 is 6.09 Å². The summed E-state index contributed by atoms with van der Waals surface area (Å²) in [5.74, 6) is 5.84. The number of nitrogens with one attached hydrogen (secondary N) is 1. The summed E-state index contributed by atoms with van der Waals surface area (Å²) in [6.07, 6.45) is 4.26. The first-order valence-electron chi connectivity index (χ1n) is 6.84. The number of carbonyl (C=O) groups excluding carboxylic acids is 1. The van der Waals surface area contributed by atoms with Gasteiger partial charge in [0.1, 0.15) is 5.60 Å². The number of nitrogens with two attached hydrogens (primary N) is 1. The number of likely N-dealkylation sites (tertiary alicyclic amines) is 1. The molecular weight excluding hydrogens is 230 g/mol. The van der Waals surface area contributed by atoms with Crippen molar-refractivity contribution in [2.24, 2.45) is 11.8 Å². The molecular formula is C13H27N3O2. The van der Waals surface area contributed by atoms with Gasteiger partial charge in [0.15, 0.2) is 0 Å². The number of nitrogens with zero attached hydrogens (tertiary/aromatic N) is 1. The van der Waals surface area contributed by atoms with Crippen LogP contribution in [-0.4, -0.2) is 36.2 Å². The van der Waals surface area contributed by atoms with Crippen molar-refractivity contribution in [3.05, 3.63) is 0 Å². The Morgan fingerprint density at radius 1 is 1.50 bits per heavy atom. The van der Waals surface area contributed by atoms with Gasteiger partial charge in [-0.25, -0.2) is 4.79 Å². The molecule has 1 rings (SSSR count). The molecule has 1 saturated heterocycles. The minimum absolute atomic E-state index is 0.177. The molecule has 5 nitrogen and oxygen atoms in total. The maximum atomic E-state index is 12.0. The molecule has 1 aliphatic rings. The normalized spacial score (nSPS) is 20.9. The largest absolute Gasteiger partial charge is 0.444 e. The van der Waals surface area contributed by atoms with E-state index in [1.807, 2.05) is 25.7 Å². The van der Waals surface area contributed by atoms with Gasteiger partial charge < -0.3 is 9.64 Å². The van der Waals surface area contributed by atoms with E-state index in [-0.39, 0.29) is 6.09 Å². The lowest BCUT2D eigenvalue weighted by molar-refractivity contribution is 0.0161. The van der Waals surface area contributed by atoms with Gasteiger partial charge in [0.2, 0.25) is 0 Å². The molecule has 1 heterocycles. The molecule has 5 heteroatoms. The molecule has 0 aromatic heterocycles. The lowest BCUT2D eigenvalue weighted by Gasteiger charge is -2.34. The number of hydrogen-bond acceptors (Lipinski definition) is 4. The van der Waals surface area contributed by atoms with Crippen molar-refractivity contribution in [1.82, 2.24) is 10.3 Å². The van der Waals surface area contributed by atoms with Crippen LogP contribution in [0.3, 0.4) is 0 Å². The SMILES string of the molecule is CC(C)(C)OC(=O)N1CCCC(CCCNN)C1. The van der Waals surface area contributed by atoms with Crippen LogP contribution in [0.25, 0.3) is 0 Å². The number of amides is 1. The van der Waals surface area contributed by atoms with Gasteiger partial charge in [-0.1, -0.05) is 0 Å². The average Bonchev–Trinajstić information content (AvgIpc) is 2.27. The Morgan fingerprint density at radius 3 is 2.83 bits per heavy atom. The molecule has 18 heavy (non-hydrogen) atoms. The summed E-state index contributed by atoms with van der Waals surface area (Å²) >= 11 is 0. The fourth-order valence-electron chi connectivity index (χ4n) is 2.29. The highest BCUT2D eigenvalue weighted by molar-refractivity contribution is 5.68. The Balaban J connectivity index is 2.36. The van der Waals surface area contributed by atoms with Gasteiger partial charge in [0.25, 0.3) is 0 Å². The first kappa shape index (κ1) is 15.2. The van der Waals surface area contributed by atoms with Crippen molar-refractivity contribution in [2.45, 2.75) is 52.1 Å². The molecule has 3 N–H and O–H groups in total. The maximum absolute atomic E-state index is 12.0. The third kappa shape index (κ3) is 5.69. The highest BCUT2D eigenvalue weighted by Gasteiger charge is 2.27. The van der Waals surface area contributed by atoms with E-state index in [0.29, 0.717) is 5.92 Å². The maximum Gasteiger partial charge on any atom is 0.410 e. The van der Waals surface area contributed by atoms with Gasteiger partial charge in [0.05, 0.1) is 0 Å². The predicted molar refractivity (Wildman–Crippen MR) is 72.0 cm³/mol. The smallest absolute Gasteiger partial charge is 0.410 e. The van der Waals surface area contributed by atoms with Crippen molar-refractivity contribution >= 4 is 6.09 Å². The molecule has 0 aliphatic carbocycles. The number of hydrogen-bond donors (Lipinski definition) is 2. The van der Waals surface area contributed by atoms with E-state index < -0.39 is 5.60 Å². The Hall–Kier alpha value is -0.810. The van der Waals surface area contributed by atoms with Crippen molar-refractivity contribution in [1.29, 1.82) is 0 Å². The molecule has 0 saturated carbocycles. The summed E-state index contributed by atoms with van der Waals surface area (Å²) in [5.41, 5.74) is 2.26. The fraction of sp³-hybridized carbons (Fsp3) is 0.923. The van der Waals surface area contributed by atoms with E-state index in [1.165, 1.54) is 6.42 Å². The Kier molecular flexibility index (Phi) is 5.88. The number of carbonyl (C=O) groups is 1. The van der Waals surface area contributed by atoms with Crippen LogP contribution in [0.1, 0.15) is 46.5 Å². The second kappa shape index (κ2) is 6.95. The first-order valence-corrected chi connectivity index (χ1v) is 6.84. The van der Waals surface area contributed by atoms with Crippen molar-refractivity contribution in [2.75, 3.05) is 19.6 Å². The average molecular weight is 257 g/mol. The Morgan fingerprint density at radius 2 is 2.22 bits per heavy atom. The molecule has 0 aromatic carbocycles. The van der Waals surface area contributed by atoms with Crippen LogP contribution in [0.5, 0.6) is 0 Å². The number of piperidine rings is 1. The Bertz CT molecular complexity index is 263. The summed E-state index contributed by atoms with van der Waals surface area (Å²) in [4.78, 5) is 13.8. The second-order valence-corrected chi connectivity index (χ2v) is 6.03. The summed E-state index contributed by atoms with van der Waals surface area (Å²) < 4.78 is 5.41. The van der Waals surface area contributed by atoms with E-state index in [2.05, 4.69) is 5.43 Å². The molecule has 0 radical (unpaired) electrons. The van der Waals surface area contributed by atoms with Crippen molar-refractivity contribution in [3.63, 3.8) is 0 Å². The van der Waals surface area contributed by atoms with Crippen LogP contribution in [0.15, 0.2) is 0 Å². The Labute approximate surface area is 110 Å². The van der Waals surface area contributed by atoms with E-state index >= 15 is 0 Å². The standard InChI is InChI=1S/C13H27N3O2/c1-13(2,3)18-12(17)16-9-5-7-11(10-16)6-4-8-15-14/h11,15H,4-10,14H2,1-3H3. The third-order valence-corrected chi connectivity index (χ3v) is 3.10. The van der Waals surface area contributed by atoms with E-state index in [4.69, 9.17) is 10.6 Å². The summed E-state index contributed by atoms with van der Waals surface area (Å²) in [6.45, 7) is 8.18. The number of ether oxygens (including phenoxy) is 1. The molecule has 0 bridgehead atoms. The molecule has 0 spiro atoms. The van der Waals surface area contributed by atoms with Gasteiger partial charge in [-0.05, 0) is 52.4 Å². The minimum atomic E-state index is -0.409. The summed E-state index contributed by atoms with van der Waals surface area (Å²) in [7, 11) is 0. The van der Waals surface area contributed by atoms with Crippen LogP contribution >= 0.6 is 0 Å². The topological polar surface area (TPSA) is 67.6 Å². The van der Waals surface area contributed by atoms with Gasteiger partial charge in [-0.15, -0.1) is 0 Å². The quantitative estimate of drug-likeness (QED) is 0.458. The van der Waals surface area contributed by atoms with Gasteiger partial charge in [-0.2, -0.15) is 0 Å². The molecule has 106 valence electrons. The van der Waals surface area contributed by atoms with E-state index in [0.717, 1.165) is 38.9 Å². The van der Waals surface area contributed by atoms with Crippen molar-refractivity contribution < 1.29 is 9.53 Å². The zero-order valence-corrected chi connectivity index (χ0v) is 11.9. The summed E-state index contributed by atoms with van der Waals surface area (Å²) in [5, 5.41) is 0. The zero-order valence-electron chi connectivity index (χ0n) is 11.9. The lowest BCUT2D eigenvalue weighted by atomic mass is 9.93. The van der Waals surface area contributed by atoms with Gasteiger partial charge in [-0.3, -0.25) is 11.3 Å².